The summed E-state index contributed by atoms with van der Waals surface area (Å²) >= 11 is 0. The number of piperidine rings is 1. The van der Waals surface area contributed by atoms with Crippen LogP contribution in [-0.4, -0.2) is 48.3 Å². The molecule has 2 N–H and O–H groups in total. The molecule has 21 heavy (non-hydrogen) atoms. The van der Waals surface area contributed by atoms with Crippen LogP contribution in [0.2, 0.25) is 0 Å². The Morgan fingerprint density at radius 3 is 2.76 bits per heavy atom. The lowest BCUT2D eigenvalue weighted by Gasteiger charge is -2.40. The van der Waals surface area contributed by atoms with Gasteiger partial charge in [0.15, 0.2) is 0 Å². The van der Waals surface area contributed by atoms with Crippen molar-refractivity contribution in [2.45, 2.75) is 77.8 Å². The van der Waals surface area contributed by atoms with Gasteiger partial charge in [0, 0.05) is 25.2 Å². The highest BCUT2D eigenvalue weighted by Crippen LogP contribution is 2.42. The van der Waals surface area contributed by atoms with Gasteiger partial charge >= 0.3 is 0 Å². The van der Waals surface area contributed by atoms with Crippen molar-refractivity contribution in [3.63, 3.8) is 0 Å². The quantitative estimate of drug-likeness (QED) is 0.758. The molecule has 1 saturated carbocycles. The van der Waals surface area contributed by atoms with Gasteiger partial charge in [0.25, 0.3) is 0 Å². The van der Waals surface area contributed by atoms with E-state index < -0.39 is 0 Å². The summed E-state index contributed by atoms with van der Waals surface area (Å²) in [4.78, 5) is 2.69. The van der Waals surface area contributed by atoms with Crippen LogP contribution in [0.15, 0.2) is 0 Å². The molecule has 0 aromatic carbocycles. The van der Waals surface area contributed by atoms with Crippen molar-refractivity contribution in [1.82, 2.24) is 10.2 Å². The predicted molar refractivity (Wildman–Crippen MR) is 89.5 cm³/mol. The van der Waals surface area contributed by atoms with Crippen LogP contribution in [0, 0.1) is 11.3 Å². The predicted octanol–water partition coefficient (Wildman–Crippen LogP) is 3.03. The molecule has 2 aliphatic rings. The summed E-state index contributed by atoms with van der Waals surface area (Å²) in [6.45, 7) is 11.1. The summed E-state index contributed by atoms with van der Waals surface area (Å²) in [6.07, 6.45) is 8.84. The second-order valence-electron chi connectivity index (χ2n) is 7.88. The van der Waals surface area contributed by atoms with Crippen LogP contribution in [0.3, 0.4) is 0 Å². The second kappa shape index (κ2) is 7.94. The molecule has 2 fully saturated rings. The molecule has 0 radical (unpaired) electrons. The molecule has 3 unspecified atom stereocenters. The van der Waals surface area contributed by atoms with Gasteiger partial charge in [-0.05, 0) is 62.9 Å². The third-order valence-electron chi connectivity index (χ3n) is 5.77. The molecule has 3 atom stereocenters. The zero-order chi connectivity index (χ0) is 15.3. The Bertz CT molecular complexity index is 304. The van der Waals surface area contributed by atoms with E-state index in [4.69, 9.17) is 0 Å². The topological polar surface area (TPSA) is 35.5 Å². The molecule has 1 saturated heterocycles. The maximum absolute atomic E-state index is 9.31. The number of nitrogens with zero attached hydrogens (tertiary/aromatic N) is 1. The number of aliphatic hydroxyl groups excluding tert-OH is 1. The summed E-state index contributed by atoms with van der Waals surface area (Å²) in [6, 6.07) is 1.29. The average molecular weight is 296 g/mol. The third kappa shape index (κ3) is 4.43. The molecular weight excluding hydrogens is 260 g/mol. The number of hydrogen-bond acceptors (Lipinski definition) is 3. The maximum Gasteiger partial charge on any atom is 0.0445 e. The number of hydrogen-bond donors (Lipinski definition) is 2. The maximum atomic E-state index is 9.31. The highest BCUT2D eigenvalue weighted by Gasteiger charge is 2.42. The highest BCUT2D eigenvalue weighted by molar-refractivity contribution is 4.97. The van der Waals surface area contributed by atoms with Crippen LogP contribution in [0.4, 0.5) is 0 Å². The Balaban J connectivity index is 1.95. The summed E-state index contributed by atoms with van der Waals surface area (Å²) in [5, 5.41) is 13.1. The van der Waals surface area contributed by atoms with Crippen LogP contribution >= 0.6 is 0 Å². The smallest absolute Gasteiger partial charge is 0.0445 e. The van der Waals surface area contributed by atoms with Crippen LogP contribution < -0.4 is 5.32 Å². The van der Waals surface area contributed by atoms with E-state index in [-0.39, 0.29) is 0 Å². The molecular formula is C18H36N2O. The van der Waals surface area contributed by atoms with Gasteiger partial charge in [-0.1, -0.05) is 27.2 Å². The highest BCUT2D eigenvalue weighted by atomic mass is 16.3. The number of likely N-dealkylation sites (tertiary alicyclic amines) is 1. The largest absolute Gasteiger partial charge is 0.396 e. The first-order valence-corrected chi connectivity index (χ1v) is 9.16. The van der Waals surface area contributed by atoms with Crippen molar-refractivity contribution >= 4 is 0 Å². The van der Waals surface area contributed by atoms with E-state index in [0.717, 1.165) is 18.9 Å². The van der Waals surface area contributed by atoms with Crippen molar-refractivity contribution in [1.29, 1.82) is 0 Å². The molecule has 3 heteroatoms. The van der Waals surface area contributed by atoms with Gasteiger partial charge in [-0.25, -0.2) is 0 Å². The molecule has 2 rings (SSSR count). The van der Waals surface area contributed by atoms with Gasteiger partial charge in [-0.15, -0.1) is 0 Å². The lowest BCUT2D eigenvalue weighted by molar-refractivity contribution is 0.0911. The zero-order valence-corrected chi connectivity index (χ0v) is 14.4. The van der Waals surface area contributed by atoms with Gasteiger partial charge in [-0.3, -0.25) is 4.90 Å². The van der Waals surface area contributed by atoms with Gasteiger partial charge < -0.3 is 10.4 Å². The molecule has 1 aliphatic heterocycles. The van der Waals surface area contributed by atoms with Crippen LogP contribution in [0.1, 0.15) is 65.7 Å². The van der Waals surface area contributed by atoms with E-state index in [0.29, 0.717) is 24.1 Å². The first-order chi connectivity index (χ1) is 10.1. The minimum Gasteiger partial charge on any atom is -0.396 e. The van der Waals surface area contributed by atoms with Crippen LogP contribution in [-0.2, 0) is 0 Å². The van der Waals surface area contributed by atoms with E-state index in [2.05, 4.69) is 31.0 Å². The molecule has 0 spiro atoms. The van der Waals surface area contributed by atoms with Gasteiger partial charge in [0.1, 0.15) is 0 Å². The SMILES string of the molecule is CCCNC1C(CN2CCCCC2CCO)CCC1(C)C. The monoisotopic (exact) mass is 296 g/mol. The number of rotatable bonds is 7. The Morgan fingerprint density at radius 1 is 1.24 bits per heavy atom. The summed E-state index contributed by atoms with van der Waals surface area (Å²) < 4.78 is 0. The molecule has 0 aromatic heterocycles. The Kier molecular flexibility index (Phi) is 6.51. The van der Waals surface area contributed by atoms with Crippen molar-refractivity contribution in [2.24, 2.45) is 11.3 Å². The number of aliphatic hydroxyl groups is 1. The Hall–Kier alpha value is -0.120. The van der Waals surface area contributed by atoms with Gasteiger partial charge in [0.2, 0.25) is 0 Å². The summed E-state index contributed by atoms with van der Waals surface area (Å²) in [7, 11) is 0. The lowest BCUT2D eigenvalue weighted by Crippen LogP contribution is -2.49. The third-order valence-corrected chi connectivity index (χ3v) is 5.77. The van der Waals surface area contributed by atoms with E-state index in [1.807, 2.05) is 0 Å². The summed E-state index contributed by atoms with van der Waals surface area (Å²) in [5.41, 5.74) is 0.433. The summed E-state index contributed by atoms with van der Waals surface area (Å²) in [5.74, 6) is 0.783. The minimum atomic E-state index is 0.342. The van der Waals surface area contributed by atoms with Crippen LogP contribution in [0.25, 0.3) is 0 Å². The van der Waals surface area contributed by atoms with Crippen molar-refractivity contribution in [3.8, 4) is 0 Å². The van der Waals surface area contributed by atoms with E-state index >= 15 is 0 Å². The van der Waals surface area contributed by atoms with Crippen molar-refractivity contribution in [2.75, 3.05) is 26.2 Å². The van der Waals surface area contributed by atoms with Gasteiger partial charge in [0.05, 0.1) is 0 Å². The van der Waals surface area contributed by atoms with Crippen molar-refractivity contribution in [3.05, 3.63) is 0 Å². The second-order valence-corrected chi connectivity index (χ2v) is 7.88. The number of nitrogens with one attached hydrogen (secondary N) is 1. The zero-order valence-electron chi connectivity index (χ0n) is 14.4. The fourth-order valence-electron chi connectivity index (χ4n) is 4.53. The van der Waals surface area contributed by atoms with E-state index in [1.54, 1.807) is 0 Å². The molecule has 0 amide bonds. The molecule has 0 aromatic rings. The fourth-order valence-corrected chi connectivity index (χ4v) is 4.53. The van der Waals surface area contributed by atoms with E-state index in [1.165, 1.54) is 51.6 Å². The fraction of sp³-hybridized carbons (Fsp3) is 1.00. The first-order valence-electron chi connectivity index (χ1n) is 9.16. The van der Waals surface area contributed by atoms with Crippen molar-refractivity contribution < 1.29 is 5.11 Å². The normalized spacial score (nSPS) is 33.4. The first kappa shape index (κ1) is 17.2. The molecule has 0 bridgehead atoms. The van der Waals surface area contributed by atoms with Crippen LogP contribution in [0.5, 0.6) is 0 Å². The molecule has 3 nitrogen and oxygen atoms in total. The van der Waals surface area contributed by atoms with Gasteiger partial charge in [-0.2, -0.15) is 0 Å². The molecule has 124 valence electrons. The molecule has 1 aliphatic carbocycles. The minimum absolute atomic E-state index is 0.342. The Labute approximate surface area is 131 Å². The lowest BCUT2D eigenvalue weighted by atomic mass is 9.84. The molecule has 1 heterocycles. The Morgan fingerprint density at radius 2 is 2.05 bits per heavy atom. The standard InChI is InChI=1S/C18H36N2O/c1-4-11-19-17-15(8-10-18(17,2)3)14-20-12-6-5-7-16(20)9-13-21/h15-17,19,21H,4-14H2,1-3H3. The average Bonchev–Trinajstić information content (AvgIpc) is 2.74. The van der Waals surface area contributed by atoms with E-state index in [9.17, 15) is 5.11 Å².